The van der Waals surface area contributed by atoms with Crippen molar-refractivity contribution < 1.29 is 9.59 Å². The highest BCUT2D eigenvalue weighted by Gasteiger charge is 2.82. The molecule has 112 valence electrons. The number of nitrogens with zero attached hydrogens (tertiary/aromatic N) is 1. The fourth-order valence-electron chi connectivity index (χ4n) is 6.69. The summed E-state index contributed by atoms with van der Waals surface area (Å²) in [6.07, 6.45) is 3.21. The lowest BCUT2D eigenvalue weighted by Gasteiger charge is -2.46. The maximum atomic E-state index is 13.1. The number of hydrogen-bond donors (Lipinski definition) is 0. The second-order valence-electron chi connectivity index (χ2n) is 7.71. The van der Waals surface area contributed by atoms with E-state index in [1.165, 1.54) is 0 Å². The minimum atomic E-state index is -0.558. The van der Waals surface area contributed by atoms with Gasteiger partial charge in [-0.1, -0.05) is 12.2 Å². The maximum absolute atomic E-state index is 13.1. The molecule has 0 radical (unpaired) electrons. The monoisotopic (exact) mass is 305 g/mol. The van der Waals surface area contributed by atoms with Crippen LogP contribution in [0.2, 0.25) is 0 Å². The van der Waals surface area contributed by atoms with Crippen LogP contribution in [0.1, 0.15) is 19.3 Å². The molecule has 4 aliphatic carbocycles. The van der Waals surface area contributed by atoms with E-state index >= 15 is 0 Å². The Kier molecular flexibility index (Phi) is 2.26. The van der Waals surface area contributed by atoms with E-state index in [0.29, 0.717) is 29.6 Å². The van der Waals surface area contributed by atoms with E-state index in [4.69, 9.17) is 11.6 Å². The Labute approximate surface area is 129 Å². The predicted octanol–water partition coefficient (Wildman–Crippen LogP) is 2.10. The van der Waals surface area contributed by atoms with Gasteiger partial charge in [0.25, 0.3) is 0 Å². The number of Topliss-reactive ketones (excluding diaryl/α,β-unsaturated/α-hetero) is 1. The van der Waals surface area contributed by atoms with Gasteiger partial charge < -0.3 is 4.90 Å². The number of ketones is 1. The fourth-order valence-corrected chi connectivity index (χ4v) is 7.19. The summed E-state index contributed by atoms with van der Waals surface area (Å²) in [6, 6.07) is 0. The maximum Gasteiger partial charge on any atom is 0.227 e. The molecule has 5 rings (SSSR count). The number of carbonyl (C=O) groups excluding carboxylic acids is 2. The summed E-state index contributed by atoms with van der Waals surface area (Å²) >= 11 is 6.34. The Morgan fingerprint density at radius 3 is 2.76 bits per heavy atom. The molecule has 5 fully saturated rings. The van der Waals surface area contributed by atoms with E-state index < -0.39 is 5.41 Å². The molecule has 3 nitrogen and oxygen atoms in total. The van der Waals surface area contributed by atoms with Gasteiger partial charge in [0.1, 0.15) is 5.78 Å². The molecule has 0 aromatic heterocycles. The van der Waals surface area contributed by atoms with Gasteiger partial charge in [-0.3, -0.25) is 9.59 Å². The number of carbonyl (C=O) groups is 2. The largest absolute Gasteiger partial charge is 0.342 e. The molecule has 7 atom stereocenters. The average Bonchev–Trinajstić information content (AvgIpc) is 3.16. The number of amides is 1. The summed E-state index contributed by atoms with van der Waals surface area (Å²) in [5.74, 6) is 2.25. The Morgan fingerprint density at radius 2 is 2.10 bits per heavy atom. The highest BCUT2D eigenvalue weighted by atomic mass is 35.5. The van der Waals surface area contributed by atoms with Crippen molar-refractivity contribution in [3.8, 4) is 0 Å². The van der Waals surface area contributed by atoms with Crippen molar-refractivity contribution in [2.24, 2.45) is 40.9 Å². The molecular weight excluding hydrogens is 286 g/mol. The van der Waals surface area contributed by atoms with Gasteiger partial charge in [0.05, 0.1) is 11.3 Å². The van der Waals surface area contributed by atoms with Gasteiger partial charge in [0.15, 0.2) is 0 Å². The van der Waals surface area contributed by atoms with Crippen molar-refractivity contribution >= 4 is 23.3 Å². The molecule has 0 spiro atoms. The highest BCUT2D eigenvalue weighted by molar-refractivity contribution is 6.21. The molecule has 1 amide bonds. The standard InChI is InChI=1S/C17H20ClNO2/c1-8-11-9-6-10-13(11)12(8)15(20)17(10,7-18)14(9)16(21)19-4-2-3-5-19/h9-14H,1-7H2. The minimum absolute atomic E-state index is 0.0279. The van der Waals surface area contributed by atoms with Crippen LogP contribution in [0, 0.1) is 40.9 Å². The van der Waals surface area contributed by atoms with E-state index in [0.717, 1.165) is 37.9 Å². The minimum Gasteiger partial charge on any atom is -0.342 e. The van der Waals surface area contributed by atoms with Gasteiger partial charge in [0.2, 0.25) is 5.91 Å². The van der Waals surface area contributed by atoms with Crippen molar-refractivity contribution in [2.45, 2.75) is 19.3 Å². The Morgan fingerprint density at radius 1 is 1.38 bits per heavy atom. The molecule has 0 aromatic rings. The quantitative estimate of drug-likeness (QED) is 0.579. The molecule has 1 saturated heterocycles. The van der Waals surface area contributed by atoms with Crippen molar-refractivity contribution in [3.63, 3.8) is 0 Å². The first-order chi connectivity index (χ1) is 10.1. The first-order valence-corrected chi connectivity index (χ1v) is 8.74. The summed E-state index contributed by atoms with van der Waals surface area (Å²) in [5.41, 5.74) is 0.554. The summed E-state index contributed by atoms with van der Waals surface area (Å²) in [7, 11) is 0. The van der Waals surface area contributed by atoms with E-state index in [2.05, 4.69) is 6.58 Å². The van der Waals surface area contributed by atoms with Crippen LogP contribution in [0.25, 0.3) is 0 Å². The Bertz CT molecular complexity index is 581. The first-order valence-electron chi connectivity index (χ1n) is 8.20. The zero-order chi connectivity index (χ0) is 14.5. The Balaban J connectivity index is 1.61. The summed E-state index contributed by atoms with van der Waals surface area (Å²) in [5, 5.41) is 0. The smallest absolute Gasteiger partial charge is 0.227 e. The van der Waals surface area contributed by atoms with E-state index in [-0.39, 0.29) is 23.5 Å². The van der Waals surface area contributed by atoms with Crippen molar-refractivity contribution in [1.29, 1.82) is 0 Å². The number of rotatable bonds is 2. The third-order valence-electron chi connectivity index (χ3n) is 7.37. The van der Waals surface area contributed by atoms with Crippen LogP contribution >= 0.6 is 11.6 Å². The lowest BCUT2D eigenvalue weighted by molar-refractivity contribution is -0.146. The van der Waals surface area contributed by atoms with Crippen LogP contribution in [0.4, 0.5) is 0 Å². The van der Waals surface area contributed by atoms with Crippen molar-refractivity contribution in [1.82, 2.24) is 4.90 Å². The van der Waals surface area contributed by atoms with Crippen LogP contribution in [0.5, 0.6) is 0 Å². The SMILES string of the molecule is C=C1C2C(=O)C3(CCl)C4CC(C1C24)C3C(=O)N1CCCC1. The van der Waals surface area contributed by atoms with E-state index in [1.54, 1.807) is 0 Å². The molecule has 21 heavy (non-hydrogen) atoms. The van der Waals surface area contributed by atoms with Crippen LogP contribution in [-0.2, 0) is 9.59 Å². The van der Waals surface area contributed by atoms with Gasteiger partial charge in [-0.2, -0.15) is 0 Å². The van der Waals surface area contributed by atoms with Crippen molar-refractivity contribution in [2.75, 3.05) is 19.0 Å². The highest BCUT2D eigenvalue weighted by Crippen LogP contribution is 2.79. The molecule has 7 unspecified atom stereocenters. The third kappa shape index (κ3) is 1.12. The number of likely N-dealkylation sites (tertiary alicyclic amines) is 1. The zero-order valence-electron chi connectivity index (χ0n) is 12.1. The fraction of sp³-hybridized carbons (Fsp3) is 0.765. The lowest BCUT2D eigenvalue weighted by Crippen LogP contribution is -2.51. The van der Waals surface area contributed by atoms with E-state index in [9.17, 15) is 9.59 Å². The lowest BCUT2D eigenvalue weighted by atomic mass is 9.57. The van der Waals surface area contributed by atoms with Crippen LogP contribution in [0.15, 0.2) is 12.2 Å². The van der Waals surface area contributed by atoms with Gasteiger partial charge >= 0.3 is 0 Å². The summed E-state index contributed by atoms with van der Waals surface area (Å²) in [4.78, 5) is 28.1. The molecule has 4 saturated carbocycles. The summed E-state index contributed by atoms with van der Waals surface area (Å²) < 4.78 is 0. The molecule has 0 N–H and O–H groups in total. The number of hydrogen-bond acceptors (Lipinski definition) is 2. The molecule has 2 bridgehead atoms. The average molecular weight is 306 g/mol. The molecule has 1 aliphatic heterocycles. The molecule has 5 aliphatic rings. The second kappa shape index (κ2) is 3.73. The van der Waals surface area contributed by atoms with E-state index in [1.807, 2.05) is 4.90 Å². The molecule has 4 heteroatoms. The molecule has 1 heterocycles. The van der Waals surface area contributed by atoms with Crippen LogP contribution < -0.4 is 0 Å². The first kappa shape index (κ1) is 12.7. The second-order valence-corrected chi connectivity index (χ2v) is 7.98. The summed E-state index contributed by atoms with van der Waals surface area (Å²) in [6.45, 7) is 5.90. The van der Waals surface area contributed by atoms with Gasteiger partial charge in [-0.05, 0) is 42.9 Å². The van der Waals surface area contributed by atoms with Crippen LogP contribution in [0.3, 0.4) is 0 Å². The van der Waals surface area contributed by atoms with Gasteiger partial charge in [-0.15, -0.1) is 11.6 Å². The number of fused-ring (bicyclic) bond motifs is 2. The number of halogens is 1. The number of allylic oxidation sites excluding steroid dienone is 1. The van der Waals surface area contributed by atoms with Crippen molar-refractivity contribution in [3.05, 3.63) is 12.2 Å². The topological polar surface area (TPSA) is 37.4 Å². The third-order valence-corrected chi connectivity index (χ3v) is 7.81. The normalized spacial score (nSPS) is 52.7. The van der Waals surface area contributed by atoms with Gasteiger partial charge in [-0.25, -0.2) is 0 Å². The predicted molar refractivity (Wildman–Crippen MR) is 78.7 cm³/mol. The Hall–Kier alpha value is -0.830. The molecular formula is C17H20ClNO2. The van der Waals surface area contributed by atoms with Gasteiger partial charge in [0, 0.05) is 24.9 Å². The molecule has 0 aromatic carbocycles. The van der Waals surface area contributed by atoms with Crippen LogP contribution in [-0.4, -0.2) is 35.6 Å². The zero-order valence-corrected chi connectivity index (χ0v) is 12.8. The number of alkyl halides is 1.